The van der Waals surface area contributed by atoms with Gasteiger partial charge in [0.25, 0.3) is 0 Å². The number of hydrogen-bond acceptors (Lipinski definition) is 0. The molecule has 16 heavy (non-hydrogen) atoms. The van der Waals surface area contributed by atoms with Gasteiger partial charge in [-0.05, 0) is 48.9 Å². The van der Waals surface area contributed by atoms with Crippen molar-refractivity contribution in [3.63, 3.8) is 0 Å². The van der Waals surface area contributed by atoms with Gasteiger partial charge in [0.15, 0.2) is 0 Å². The quantitative estimate of drug-likeness (QED) is 0.502. The van der Waals surface area contributed by atoms with Crippen LogP contribution in [0.1, 0.15) is 42.6 Å². The smallest absolute Gasteiger partial charge is 0.0407 e. The molecular formula is C13H17Br3. The van der Waals surface area contributed by atoms with Crippen LogP contribution in [-0.2, 0) is 0 Å². The van der Waals surface area contributed by atoms with E-state index in [1.165, 1.54) is 32.9 Å². The van der Waals surface area contributed by atoms with E-state index >= 15 is 0 Å². The van der Waals surface area contributed by atoms with Crippen LogP contribution in [0.2, 0.25) is 0 Å². The van der Waals surface area contributed by atoms with Gasteiger partial charge in [-0.15, -0.1) is 0 Å². The maximum atomic E-state index is 3.77. The zero-order valence-corrected chi connectivity index (χ0v) is 14.6. The third-order valence-electron chi connectivity index (χ3n) is 2.61. The van der Waals surface area contributed by atoms with Crippen LogP contribution in [0.4, 0.5) is 0 Å². The molecule has 0 aliphatic rings. The average molecular weight is 413 g/mol. The Kier molecular flexibility index (Phi) is 6.03. The van der Waals surface area contributed by atoms with E-state index in [-0.39, 0.29) is 0 Å². The fourth-order valence-corrected chi connectivity index (χ4v) is 3.58. The Morgan fingerprint density at radius 3 is 2.25 bits per heavy atom. The molecule has 0 nitrogen and oxygen atoms in total. The van der Waals surface area contributed by atoms with Crippen LogP contribution in [-0.4, -0.2) is 0 Å². The lowest BCUT2D eigenvalue weighted by Gasteiger charge is -2.15. The van der Waals surface area contributed by atoms with Gasteiger partial charge < -0.3 is 0 Å². The van der Waals surface area contributed by atoms with Crippen molar-refractivity contribution in [2.75, 3.05) is 0 Å². The van der Waals surface area contributed by atoms with E-state index in [0.29, 0.717) is 4.83 Å². The van der Waals surface area contributed by atoms with Crippen molar-refractivity contribution in [3.05, 3.63) is 32.2 Å². The summed E-state index contributed by atoms with van der Waals surface area (Å²) in [7, 11) is 0. The molecule has 0 aromatic heterocycles. The van der Waals surface area contributed by atoms with Gasteiger partial charge in [-0.2, -0.15) is 0 Å². The first-order chi connectivity index (χ1) is 7.41. The summed E-state index contributed by atoms with van der Waals surface area (Å²) in [5.74, 6) is 0.757. The molecule has 1 unspecified atom stereocenters. The predicted molar refractivity (Wildman–Crippen MR) is 82.3 cm³/mol. The zero-order valence-electron chi connectivity index (χ0n) is 9.86. The maximum absolute atomic E-state index is 3.77. The molecule has 0 aliphatic heterocycles. The summed E-state index contributed by atoms with van der Waals surface area (Å²) >= 11 is 11.0. The zero-order chi connectivity index (χ0) is 12.3. The fourth-order valence-electron chi connectivity index (χ4n) is 1.54. The Balaban J connectivity index is 2.82. The summed E-state index contributed by atoms with van der Waals surface area (Å²) in [5, 5.41) is 0. The van der Waals surface area contributed by atoms with Crippen LogP contribution in [0.3, 0.4) is 0 Å². The number of hydrogen-bond donors (Lipinski definition) is 0. The highest BCUT2D eigenvalue weighted by Crippen LogP contribution is 2.37. The van der Waals surface area contributed by atoms with Gasteiger partial charge in [-0.3, -0.25) is 0 Å². The van der Waals surface area contributed by atoms with Crippen molar-refractivity contribution in [3.8, 4) is 0 Å². The summed E-state index contributed by atoms with van der Waals surface area (Å²) in [6.07, 6.45) is 2.42. The summed E-state index contributed by atoms with van der Waals surface area (Å²) in [6, 6.07) is 4.38. The number of halogens is 3. The largest absolute Gasteiger partial charge is 0.0838 e. The highest BCUT2D eigenvalue weighted by molar-refractivity contribution is 9.11. The van der Waals surface area contributed by atoms with E-state index < -0.39 is 0 Å². The summed E-state index contributed by atoms with van der Waals surface area (Å²) < 4.78 is 2.37. The summed E-state index contributed by atoms with van der Waals surface area (Å²) in [5.41, 5.74) is 2.59. The molecule has 0 bridgehead atoms. The van der Waals surface area contributed by atoms with Gasteiger partial charge in [0, 0.05) is 13.8 Å². The second kappa shape index (κ2) is 6.55. The number of aryl methyl sites for hydroxylation is 1. The van der Waals surface area contributed by atoms with E-state index in [9.17, 15) is 0 Å². The minimum absolute atomic E-state index is 0.432. The Morgan fingerprint density at radius 1 is 1.06 bits per heavy atom. The first kappa shape index (κ1) is 14.7. The van der Waals surface area contributed by atoms with Crippen LogP contribution in [0, 0.1) is 12.8 Å². The lowest BCUT2D eigenvalue weighted by molar-refractivity contribution is 0.553. The average Bonchev–Trinajstić information content (AvgIpc) is 2.20. The standard InChI is InChI=1S/C13H17Br3/c1-8(2)4-5-11(14)10-7-12(15)9(3)6-13(10)16/h6-8,11H,4-5H2,1-3H3. The van der Waals surface area contributed by atoms with E-state index in [2.05, 4.69) is 80.7 Å². The van der Waals surface area contributed by atoms with Crippen LogP contribution in [0.25, 0.3) is 0 Å². The number of benzene rings is 1. The molecule has 1 aromatic rings. The van der Waals surface area contributed by atoms with Gasteiger partial charge in [0.1, 0.15) is 0 Å². The first-order valence-corrected chi connectivity index (χ1v) is 8.01. The van der Waals surface area contributed by atoms with Crippen molar-refractivity contribution >= 4 is 47.8 Å². The van der Waals surface area contributed by atoms with Crippen molar-refractivity contribution in [2.24, 2.45) is 5.92 Å². The molecule has 0 N–H and O–H groups in total. The second-order valence-electron chi connectivity index (χ2n) is 4.56. The molecular weight excluding hydrogens is 396 g/mol. The van der Waals surface area contributed by atoms with Crippen LogP contribution >= 0.6 is 47.8 Å². The van der Waals surface area contributed by atoms with Crippen molar-refractivity contribution < 1.29 is 0 Å². The van der Waals surface area contributed by atoms with Crippen molar-refractivity contribution in [2.45, 2.75) is 38.4 Å². The molecule has 0 saturated heterocycles. The molecule has 0 aliphatic carbocycles. The fraction of sp³-hybridized carbons (Fsp3) is 0.538. The third-order valence-corrected chi connectivity index (χ3v) is 5.11. The molecule has 90 valence electrons. The predicted octanol–water partition coefficient (Wildman–Crippen LogP) is 6.39. The second-order valence-corrected chi connectivity index (χ2v) is 7.38. The van der Waals surface area contributed by atoms with Gasteiger partial charge in [0.2, 0.25) is 0 Å². The maximum Gasteiger partial charge on any atom is 0.0407 e. The van der Waals surface area contributed by atoms with Gasteiger partial charge in [-0.25, -0.2) is 0 Å². The lowest BCUT2D eigenvalue weighted by Crippen LogP contribution is -1.96. The van der Waals surface area contributed by atoms with Crippen LogP contribution < -0.4 is 0 Å². The molecule has 1 aromatic carbocycles. The molecule has 0 heterocycles. The number of rotatable bonds is 4. The van der Waals surface area contributed by atoms with Gasteiger partial charge in [0.05, 0.1) is 0 Å². The molecule has 1 rings (SSSR count). The monoisotopic (exact) mass is 410 g/mol. The van der Waals surface area contributed by atoms with E-state index in [0.717, 1.165) is 5.92 Å². The summed E-state index contributed by atoms with van der Waals surface area (Å²) in [4.78, 5) is 0.432. The first-order valence-electron chi connectivity index (χ1n) is 5.51. The van der Waals surface area contributed by atoms with E-state index in [1.54, 1.807) is 0 Å². The minimum Gasteiger partial charge on any atom is -0.0838 e. The Labute approximate surface area is 124 Å². The topological polar surface area (TPSA) is 0 Å². The van der Waals surface area contributed by atoms with E-state index in [4.69, 9.17) is 0 Å². The molecule has 0 amide bonds. The van der Waals surface area contributed by atoms with E-state index in [1.807, 2.05) is 0 Å². The molecule has 1 atom stereocenters. The Morgan fingerprint density at radius 2 is 1.69 bits per heavy atom. The highest BCUT2D eigenvalue weighted by atomic mass is 79.9. The molecule has 0 saturated carbocycles. The van der Waals surface area contributed by atoms with Gasteiger partial charge >= 0.3 is 0 Å². The Bertz CT molecular complexity index is 358. The van der Waals surface area contributed by atoms with Crippen molar-refractivity contribution in [1.82, 2.24) is 0 Å². The normalized spacial score (nSPS) is 13.2. The summed E-state index contributed by atoms with van der Waals surface area (Å²) in [6.45, 7) is 6.63. The lowest BCUT2D eigenvalue weighted by atomic mass is 10.0. The van der Waals surface area contributed by atoms with Crippen LogP contribution in [0.5, 0.6) is 0 Å². The van der Waals surface area contributed by atoms with Crippen LogP contribution in [0.15, 0.2) is 21.1 Å². The molecule has 0 radical (unpaired) electrons. The minimum atomic E-state index is 0.432. The van der Waals surface area contributed by atoms with Gasteiger partial charge in [-0.1, -0.05) is 61.6 Å². The highest BCUT2D eigenvalue weighted by Gasteiger charge is 2.13. The Hall–Kier alpha value is 0.660. The van der Waals surface area contributed by atoms with Crippen molar-refractivity contribution in [1.29, 1.82) is 0 Å². The number of alkyl halides is 1. The SMILES string of the molecule is Cc1cc(Br)c(C(Br)CCC(C)C)cc1Br. The third kappa shape index (κ3) is 4.15. The molecule has 0 spiro atoms. The molecule has 3 heteroatoms. The molecule has 0 fully saturated rings.